The molecule has 146 valence electrons. The molecule has 9 heteroatoms. The van der Waals surface area contributed by atoms with E-state index in [0.717, 1.165) is 6.41 Å². The Labute approximate surface area is 162 Å². The van der Waals surface area contributed by atoms with Gasteiger partial charge in [0.1, 0.15) is 17.3 Å². The molecule has 1 aliphatic heterocycles. The number of hydrogen-bond donors (Lipinski definition) is 1. The SMILES string of the molecule is COC(=O)c1ccc(NC(=O)c2cc(N3CCN(C=O)CC3)nc(C)n2)cc1. The number of anilines is 2. The van der Waals surface area contributed by atoms with Gasteiger partial charge in [-0.1, -0.05) is 0 Å². The molecule has 2 amide bonds. The van der Waals surface area contributed by atoms with Gasteiger partial charge in [0.15, 0.2) is 0 Å². The van der Waals surface area contributed by atoms with Gasteiger partial charge in [-0.3, -0.25) is 9.59 Å². The molecule has 1 aliphatic rings. The van der Waals surface area contributed by atoms with Gasteiger partial charge in [-0.05, 0) is 31.2 Å². The number of methoxy groups -OCH3 is 1. The first-order valence-corrected chi connectivity index (χ1v) is 8.80. The number of nitrogens with one attached hydrogen (secondary N) is 1. The monoisotopic (exact) mass is 383 g/mol. The molecule has 2 heterocycles. The second kappa shape index (κ2) is 8.47. The van der Waals surface area contributed by atoms with Gasteiger partial charge in [0.2, 0.25) is 6.41 Å². The molecule has 1 fully saturated rings. The molecule has 1 aromatic carbocycles. The van der Waals surface area contributed by atoms with Crippen LogP contribution in [0.5, 0.6) is 0 Å². The lowest BCUT2D eigenvalue weighted by Gasteiger charge is -2.33. The van der Waals surface area contributed by atoms with Crippen LogP contribution in [0, 0.1) is 6.92 Å². The Morgan fingerprint density at radius 3 is 2.39 bits per heavy atom. The molecule has 1 aromatic heterocycles. The van der Waals surface area contributed by atoms with E-state index >= 15 is 0 Å². The molecule has 0 bridgehead atoms. The Morgan fingerprint density at radius 1 is 1.11 bits per heavy atom. The van der Waals surface area contributed by atoms with Gasteiger partial charge in [0, 0.05) is 37.9 Å². The minimum atomic E-state index is -0.441. The van der Waals surface area contributed by atoms with Crippen LogP contribution in [0.1, 0.15) is 26.7 Å². The number of aryl methyl sites for hydroxylation is 1. The van der Waals surface area contributed by atoms with Crippen LogP contribution < -0.4 is 10.2 Å². The smallest absolute Gasteiger partial charge is 0.337 e. The average molecular weight is 383 g/mol. The van der Waals surface area contributed by atoms with Crippen LogP contribution in [0.2, 0.25) is 0 Å². The van der Waals surface area contributed by atoms with E-state index in [-0.39, 0.29) is 11.6 Å². The number of hydrogen-bond acceptors (Lipinski definition) is 7. The lowest BCUT2D eigenvalue weighted by Crippen LogP contribution is -2.46. The van der Waals surface area contributed by atoms with Crippen LogP contribution >= 0.6 is 0 Å². The second-order valence-electron chi connectivity index (χ2n) is 6.31. The van der Waals surface area contributed by atoms with Crippen molar-refractivity contribution in [3.63, 3.8) is 0 Å². The summed E-state index contributed by atoms with van der Waals surface area (Å²) in [4.78, 5) is 47.3. The zero-order valence-corrected chi connectivity index (χ0v) is 15.7. The van der Waals surface area contributed by atoms with Crippen LogP contribution in [0.25, 0.3) is 0 Å². The van der Waals surface area contributed by atoms with Crippen molar-refractivity contribution in [2.24, 2.45) is 0 Å². The molecule has 0 saturated carbocycles. The maximum Gasteiger partial charge on any atom is 0.337 e. The predicted molar refractivity (Wildman–Crippen MR) is 102 cm³/mol. The number of carbonyl (C=O) groups is 3. The van der Waals surface area contributed by atoms with Crippen molar-refractivity contribution in [2.75, 3.05) is 43.5 Å². The van der Waals surface area contributed by atoms with E-state index in [2.05, 4.69) is 20.0 Å². The molecule has 0 radical (unpaired) electrons. The molecule has 1 N–H and O–H groups in total. The highest BCUT2D eigenvalue weighted by Crippen LogP contribution is 2.17. The van der Waals surface area contributed by atoms with Crippen molar-refractivity contribution >= 4 is 29.8 Å². The standard InChI is InChI=1S/C19H21N5O4/c1-13-20-16(11-17(21-13)24-9-7-23(12-25)8-10-24)18(26)22-15-5-3-14(4-6-15)19(27)28-2/h3-6,11-12H,7-10H2,1-2H3,(H,22,26). The Hall–Kier alpha value is -3.49. The highest BCUT2D eigenvalue weighted by Gasteiger charge is 2.19. The number of nitrogens with zero attached hydrogens (tertiary/aromatic N) is 4. The third-order valence-corrected chi connectivity index (χ3v) is 4.41. The summed E-state index contributed by atoms with van der Waals surface area (Å²) in [5.41, 5.74) is 1.18. The summed E-state index contributed by atoms with van der Waals surface area (Å²) >= 11 is 0. The first-order valence-electron chi connectivity index (χ1n) is 8.80. The zero-order valence-electron chi connectivity index (χ0n) is 15.7. The molecule has 1 saturated heterocycles. The molecule has 0 atom stereocenters. The van der Waals surface area contributed by atoms with Gasteiger partial charge in [-0.15, -0.1) is 0 Å². The number of carbonyl (C=O) groups excluding carboxylic acids is 3. The van der Waals surface area contributed by atoms with Gasteiger partial charge < -0.3 is 19.9 Å². The fourth-order valence-corrected chi connectivity index (χ4v) is 2.89. The van der Waals surface area contributed by atoms with E-state index in [1.165, 1.54) is 7.11 Å². The molecule has 2 aromatic rings. The van der Waals surface area contributed by atoms with E-state index in [9.17, 15) is 14.4 Å². The van der Waals surface area contributed by atoms with Gasteiger partial charge in [0.25, 0.3) is 5.91 Å². The van der Waals surface area contributed by atoms with Crippen LogP contribution in [0.15, 0.2) is 30.3 Å². The number of benzene rings is 1. The molecule has 3 rings (SSSR count). The average Bonchev–Trinajstić information content (AvgIpc) is 2.73. The lowest BCUT2D eigenvalue weighted by molar-refractivity contribution is -0.118. The number of rotatable bonds is 5. The predicted octanol–water partition coefficient (Wildman–Crippen LogP) is 1.10. The van der Waals surface area contributed by atoms with Crippen molar-refractivity contribution in [3.05, 3.63) is 47.4 Å². The van der Waals surface area contributed by atoms with Crippen LogP contribution in [0.3, 0.4) is 0 Å². The first-order chi connectivity index (χ1) is 13.5. The summed E-state index contributed by atoms with van der Waals surface area (Å²) in [6, 6.07) is 8.03. The normalized spacial score (nSPS) is 13.8. The van der Waals surface area contributed by atoms with Crippen molar-refractivity contribution in [1.29, 1.82) is 0 Å². The minimum Gasteiger partial charge on any atom is -0.465 e. The van der Waals surface area contributed by atoms with Gasteiger partial charge in [0.05, 0.1) is 12.7 Å². The molecule has 9 nitrogen and oxygen atoms in total. The van der Waals surface area contributed by atoms with Crippen molar-refractivity contribution in [3.8, 4) is 0 Å². The number of ether oxygens (including phenoxy) is 1. The van der Waals surface area contributed by atoms with Gasteiger partial charge in [-0.2, -0.15) is 0 Å². The van der Waals surface area contributed by atoms with Crippen molar-refractivity contribution in [1.82, 2.24) is 14.9 Å². The third kappa shape index (κ3) is 4.43. The molecule has 0 spiro atoms. The summed E-state index contributed by atoms with van der Waals surface area (Å²) in [6.07, 6.45) is 0.840. The highest BCUT2D eigenvalue weighted by molar-refractivity contribution is 6.03. The van der Waals surface area contributed by atoms with E-state index in [4.69, 9.17) is 0 Å². The van der Waals surface area contributed by atoms with Crippen molar-refractivity contribution < 1.29 is 19.1 Å². The van der Waals surface area contributed by atoms with Gasteiger partial charge in [-0.25, -0.2) is 14.8 Å². The number of piperazine rings is 1. The molecular weight excluding hydrogens is 362 g/mol. The largest absolute Gasteiger partial charge is 0.465 e. The quantitative estimate of drug-likeness (QED) is 0.609. The van der Waals surface area contributed by atoms with Crippen LogP contribution in [0.4, 0.5) is 11.5 Å². The number of amides is 2. The zero-order chi connectivity index (χ0) is 20.1. The summed E-state index contributed by atoms with van der Waals surface area (Å²) in [7, 11) is 1.31. The fraction of sp³-hybridized carbons (Fsp3) is 0.316. The van der Waals surface area contributed by atoms with Crippen LogP contribution in [-0.2, 0) is 9.53 Å². The second-order valence-corrected chi connectivity index (χ2v) is 6.31. The van der Waals surface area contributed by atoms with E-state index in [0.29, 0.717) is 49.1 Å². The van der Waals surface area contributed by atoms with Gasteiger partial charge >= 0.3 is 5.97 Å². The molecule has 0 aliphatic carbocycles. The Morgan fingerprint density at radius 2 is 1.79 bits per heavy atom. The Kier molecular flexibility index (Phi) is 5.83. The Bertz CT molecular complexity index is 876. The molecule has 0 unspecified atom stereocenters. The third-order valence-electron chi connectivity index (χ3n) is 4.41. The molecular formula is C19H21N5O4. The minimum absolute atomic E-state index is 0.248. The van der Waals surface area contributed by atoms with E-state index in [1.807, 2.05) is 4.90 Å². The topological polar surface area (TPSA) is 105 Å². The summed E-state index contributed by atoms with van der Waals surface area (Å²) in [5.74, 6) is 0.332. The summed E-state index contributed by atoms with van der Waals surface area (Å²) in [6.45, 7) is 4.24. The fourth-order valence-electron chi connectivity index (χ4n) is 2.89. The maximum absolute atomic E-state index is 12.6. The Balaban J connectivity index is 1.72. The van der Waals surface area contributed by atoms with E-state index < -0.39 is 5.97 Å². The summed E-state index contributed by atoms with van der Waals surface area (Å²) < 4.78 is 4.65. The molecule has 28 heavy (non-hydrogen) atoms. The maximum atomic E-state index is 12.6. The summed E-state index contributed by atoms with van der Waals surface area (Å²) in [5, 5.41) is 2.76. The number of esters is 1. The lowest BCUT2D eigenvalue weighted by atomic mass is 10.2. The van der Waals surface area contributed by atoms with Crippen LogP contribution in [-0.4, -0.2) is 66.4 Å². The van der Waals surface area contributed by atoms with Crippen molar-refractivity contribution in [2.45, 2.75) is 6.92 Å². The highest BCUT2D eigenvalue weighted by atomic mass is 16.5. The number of aromatic nitrogens is 2. The first kappa shape index (κ1) is 19.3. The van der Waals surface area contributed by atoms with E-state index in [1.54, 1.807) is 42.2 Å².